The molecule has 0 aromatic heterocycles. The molecule has 0 atom stereocenters. The highest BCUT2D eigenvalue weighted by Crippen LogP contribution is 2.14. The van der Waals surface area contributed by atoms with Gasteiger partial charge in [0.1, 0.15) is 5.75 Å². The predicted octanol–water partition coefficient (Wildman–Crippen LogP) is 3.41. The number of ether oxygens (including phenoxy) is 1. The Hall–Kier alpha value is -2.40. The van der Waals surface area contributed by atoms with Crippen LogP contribution < -0.4 is 15.5 Å². The first kappa shape index (κ1) is 15.0. The highest BCUT2D eigenvalue weighted by Gasteiger charge is 1.99. The highest BCUT2D eigenvalue weighted by molar-refractivity contribution is 7.80. The number of nitrogens with one attached hydrogen (secondary N) is 2. The molecule has 0 bridgehead atoms. The number of benzene rings is 2. The lowest BCUT2D eigenvalue weighted by Gasteiger charge is -2.08. The Morgan fingerprint density at radius 1 is 1.05 bits per heavy atom. The molecule has 0 aliphatic rings. The molecule has 0 radical (unpaired) electrons. The van der Waals surface area contributed by atoms with Crippen molar-refractivity contribution >= 4 is 28.7 Å². The van der Waals surface area contributed by atoms with E-state index < -0.39 is 0 Å². The molecule has 0 saturated heterocycles. The molecule has 0 heterocycles. The molecule has 21 heavy (non-hydrogen) atoms. The van der Waals surface area contributed by atoms with Crippen LogP contribution in [0.4, 0.5) is 5.69 Å². The molecule has 2 N–H and O–H groups in total. The summed E-state index contributed by atoms with van der Waals surface area (Å²) < 4.78 is 5.10. The molecular formula is C16H17N3OS. The van der Waals surface area contributed by atoms with Gasteiger partial charge in [0.25, 0.3) is 0 Å². The number of thiocarbonyl (C=S) groups is 1. The van der Waals surface area contributed by atoms with Crippen molar-refractivity contribution in [2.75, 3.05) is 12.4 Å². The van der Waals surface area contributed by atoms with Crippen molar-refractivity contribution in [1.29, 1.82) is 0 Å². The van der Waals surface area contributed by atoms with Crippen molar-refractivity contribution in [3.05, 3.63) is 60.2 Å². The summed E-state index contributed by atoms with van der Waals surface area (Å²) in [5.74, 6) is 0.803. The minimum atomic E-state index is 0.440. The minimum absolute atomic E-state index is 0.440. The summed E-state index contributed by atoms with van der Waals surface area (Å²) in [6.45, 7) is 1.93. The zero-order valence-electron chi connectivity index (χ0n) is 12.0. The first-order valence-electron chi connectivity index (χ1n) is 6.50. The summed E-state index contributed by atoms with van der Waals surface area (Å²) in [4.78, 5) is 0. The van der Waals surface area contributed by atoms with Crippen molar-refractivity contribution in [2.24, 2.45) is 5.10 Å². The van der Waals surface area contributed by atoms with E-state index in [0.29, 0.717) is 5.11 Å². The number of rotatable bonds is 4. The topological polar surface area (TPSA) is 45.6 Å². The average Bonchev–Trinajstić information content (AvgIpc) is 2.54. The number of methoxy groups -OCH3 is 1. The second-order valence-corrected chi connectivity index (χ2v) is 4.77. The molecule has 0 spiro atoms. The summed E-state index contributed by atoms with van der Waals surface area (Å²) >= 11 is 5.21. The van der Waals surface area contributed by atoms with Crippen molar-refractivity contribution in [3.63, 3.8) is 0 Å². The van der Waals surface area contributed by atoms with Crippen LogP contribution in [0.3, 0.4) is 0 Å². The van der Waals surface area contributed by atoms with Crippen LogP contribution in [0.1, 0.15) is 12.5 Å². The zero-order chi connectivity index (χ0) is 15.1. The van der Waals surface area contributed by atoms with Gasteiger partial charge in [0.05, 0.1) is 12.8 Å². The Balaban J connectivity index is 1.92. The summed E-state index contributed by atoms with van der Waals surface area (Å²) in [6, 6.07) is 17.4. The largest absolute Gasteiger partial charge is 0.497 e. The van der Waals surface area contributed by atoms with Gasteiger partial charge in [-0.15, -0.1) is 0 Å². The van der Waals surface area contributed by atoms with Crippen LogP contribution in [0.5, 0.6) is 5.75 Å². The van der Waals surface area contributed by atoms with Gasteiger partial charge in [-0.25, -0.2) is 0 Å². The third-order valence-electron chi connectivity index (χ3n) is 2.86. The van der Waals surface area contributed by atoms with Gasteiger partial charge in [0.15, 0.2) is 5.11 Å². The van der Waals surface area contributed by atoms with Crippen molar-refractivity contribution < 1.29 is 4.74 Å². The lowest BCUT2D eigenvalue weighted by Crippen LogP contribution is -2.24. The van der Waals surface area contributed by atoms with Crippen LogP contribution in [-0.2, 0) is 0 Å². The summed E-state index contributed by atoms with van der Waals surface area (Å²) in [6.07, 6.45) is 0. The Morgan fingerprint density at radius 2 is 1.71 bits per heavy atom. The molecule has 2 aromatic carbocycles. The molecule has 0 aliphatic carbocycles. The average molecular weight is 299 g/mol. The monoisotopic (exact) mass is 299 g/mol. The smallest absolute Gasteiger partial charge is 0.191 e. The third kappa shape index (κ3) is 4.57. The lowest BCUT2D eigenvalue weighted by atomic mass is 10.1. The van der Waals surface area contributed by atoms with E-state index in [1.54, 1.807) is 7.11 Å². The van der Waals surface area contributed by atoms with Gasteiger partial charge in [-0.3, -0.25) is 5.43 Å². The number of hydrogen-bond acceptors (Lipinski definition) is 3. The van der Waals surface area contributed by atoms with Crippen molar-refractivity contribution in [2.45, 2.75) is 6.92 Å². The van der Waals surface area contributed by atoms with Gasteiger partial charge < -0.3 is 10.1 Å². The van der Waals surface area contributed by atoms with E-state index >= 15 is 0 Å². The Labute approximate surface area is 129 Å². The molecule has 108 valence electrons. The molecule has 0 saturated carbocycles. The van der Waals surface area contributed by atoms with Crippen LogP contribution >= 0.6 is 12.2 Å². The van der Waals surface area contributed by atoms with E-state index in [-0.39, 0.29) is 0 Å². The fourth-order valence-corrected chi connectivity index (χ4v) is 1.88. The fourth-order valence-electron chi connectivity index (χ4n) is 1.71. The van der Waals surface area contributed by atoms with E-state index in [0.717, 1.165) is 22.7 Å². The van der Waals surface area contributed by atoms with E-state index in [2.05, 4.69) is 15.8 Å². The van der Waals surface area contributed by atoms with Crippen molar-refractivity contribution in [3.8, 4) is 5.75 Å². The molecule has 2 rings (SSSR count). The van der Waals surface area contributed by atoms with Gasteiger partial charge in [-0.05, 0) is 49.0 Å². The van der Waals surface area contributed by atoms with E-state index in [4.69, 9.17) is 17.0 Å². The van der Waals surface area contributed by atoms with Crippen molar-refractivity contribution in [1.82, 2.24) is 5.43 Å². The quantitative estimate of drug-likeness (QED) is 0.516. The highest BCUT2D eigenvalue weighted by atomic mass is 32.1. The van der Waals surface area contributed by atoms with Gasteiger partial charge in [-0.2, -0.15) is 5.10 Å². The number of hydrazone groups is 1. The minimum Gasteiger partial charge on any atom is -0.497 e. The maximum atomic E-state index is 5.21. The second-order valence-electron chi connectivity index (χ2n) is 4.36. The lowest BCUT2D eigenvalue weighted by molar-refractivity contribution is 0.415. The van der Waals surface area contributed by atoms with Gasteiger partial charge in [0.2, 0.25) is 0 Å². The van der Waals surface area contributed by atoms with Crippen LogP contribution in [0, 0.1) is 0 Å². The summed E-state index contributed by atoms with van der Waals surface area (Å²) in [7, 11) is 1.63. The van der Waals surface area contributed by atoms with E-state index in [1.165, 1.54) is 0 Å². The van der Waals surface area contributed by atoms with E-state index in [1.807, 2.05) is 61.5 Å². The first-order valence-corrected chi connectivity index (χ1v) is 6.90. The van der Waals surface area contributed by atoms with Gasteiger partial charge >= 0.3 is 0 Å². The molecule has 2 aromatic rings. The predicted molar refractivity (Wildman–Crippen MR) is 91.0 cm³/mol. The normalized spacial score (nSPS) is 10.9. The van der Waals surface area contributed by atoms with Crippen LogP contribution in [0.15, 0.2) is 59.7 Å². The Kier molecular flexibility index (Phi) is 5.29. The van der Waals surface area contributed by atoms with Crippen LogP contribution in [-0.4, -0.2) is 17.9 Å². The summed E-state index contributed by atoms with van der Waals surface area (Å²) in [5.41, 5.74) is 5.63. The number of hydrogen-bond donors (Lipinski definition) is 2. The zero-order valence-corrected chi connectivity index (χ0v) is 12.8. The molecule has 4 nitrogen and oxygen atoms in total. The molecular weight excluding hydrogens is 282 g/mol. The first-order chi connectivity index (χ1) is 10.2. The van der Waals surface area contributed by atoms with E-state index in [9.17, 15) is 0 Å². The van der Waals surface area contributed by atoms with Gasteiger partial charge in [-0.1, -0.05) is 30.3 Å². The Bertz CT molecular complexity index is 624. The van der Waals surface area contributed by atoms with Crippen LogP contribution in [0.2, 0.25) is 0 Å². The molecule has 0 amide bonds. The number of nitrogens with zero attached hydrogens (tertiary/aromatic N) is 1. The number of anilines is 1. The fraction of sp³-hybridized carbons (Fsp3) is 0.125. The van der Waals surface area contributed by atoms with Gasteiger partial charge in [0, 0.05) is 5.69 Å². The summed E-state index contributed by atoms with van der Waals surface area (Å²) in [5, 5.41) is 7.76. The standard InChI is InChI=1S/C16H17N3OS/c1-12(13-6-4-3-5-7-13)18-19-16(21)17-14-8-10-15(20-2)11-9-14/h3-11H,1-2H3,(H2,17,19,21)/b18-12-. The second kappa shape index (κ2) is 7.40. The molecule has 0 unspecified atom stereocenters. The molecule has 5 heteroatoms. The third-order valence-corrected chi connectivity index (χ3v) is 3.06. The Morgan fingerprint density at radius 3 is 2.33 bits per heavy atom. The SMILES string of the molecule is COc1ccc(NC(=S)N/N=C(/C)c2ccccc2)cc1. The maximum Gasteiger partial charge on any atom is 0.191 e. The molecule has 0 aliphatic heterocycles. The maximum absolute atomic E-state index is 5.21. The molecule has 0 fully saturated rings. The van der Waals surface area contributed by atoms with Crippen LogP contribution in [0.25, 0.3) is 0 Å².